The summed E-state index contributed by atoms with van der Waals surface area (Å²) in [6, 6.07) is 0. The van der Waals surface area contributed by atoms with Crippen LogP contribution in [-0.2, 0) is 14.3 Å². The minimum absolute atomic E-state index is 0.0155. The molecule has 1 N–H and O–H groups in total. The Morgan fingerprint density at radius 3 is 1.68 bits per heavy atom. The molecule has 0 spiro atoms. The zero-order valence-electron chi connectivity index (χ0n) is 12.3. The fourth-order valence-electron chi connectivity index (χ4n) is 1.93. The number of carboxylic acid groups (broad SMARTS) is 1. The average molecular weight is 272 g/mol. The van der Waals surface area contributed by atoms with Gasteiger partial charge in [0, 0.05) is 12.8 Å². The summed E-state index contributed by atoms with van der Waals surface area (Å²) in [5, 5.41) is 8.47. The van der Waals surface area contributed by atoms with Gasteiger partial charge < -0.3 is 9.84 Å². The van der Waals surface area contributed by atoms with Crippen LogP contribution >= 0.6 is 0 Å². The number of rotatable bonds is 12. The summed E-state index contributed by atoms with van der Waals surface area (Å²) in [5.74, 6) is -0.794. The number of carbonyl (C=O) groups excluding carboxylic acids is 1. The Balaban J connectivity index is 3.14. The normalized spacial score (nSPS) is 10.7. The molecule has 0 fully saturated rings. The second-order valence-corrected chi connectivity index (χ2v) is 5.26. The molecule has 0 atom stereocenters. The van der Waals surface area contributed by atoms with Crippen LogP contribution in [-0.4, -0.2) is 23.1 Å². The Hall–Kier alpha value is -1.06. The van der Waals surface area contributed by atoms with Crippen LogP contribution in [0.5, 0.6) is 0 Å². The van der Waals surface area contributed by atoms with Gasteiger partial charge in [-0.1, -0.05) is 38.5 Å². The van der Waals surface area contributed by atoms with Crippen LogP contribution in [0.2, 0.25) is 0 Å². The van der Waals surface area contributed by atoms with E-state index >= 15 is 0 Å². The SMILES string of the molecule is CC(C)OC(=O)CCCCCCCCCCC(=O)O. The maximum Gasteiger partial charge on any atom is 0.306 e. The van der Waals surface area contributed by atoms with Gasteiger partial charge in [-0.2, -0.15) is 0 Å². The molecule has 0 aliphatic heterocycles. The van der Waals surface area contributed by atoms with Crippen LogP contribution in [0.15, 0.2) is 0 Å². The minimum Gasteiger partial charge on any atom is -0.481 e. The lowest BCUT2D eigenvalue weighted by atomic mass is 10.1. The van der Waals surface area contributed by atoms with Crippen molar-refractivity contribution in [2.45, 2.75) is 84.2 Å². The van der Waals surface area contributed by atoms with E-state index in [1.54, 1.807) is 0 Å². The van der Waals surface area contributed by atoms with Crippen molar-refractivity contribution in [2.75, 3.05) is 0 Å². The smallest absolute Gasteiger partial charge is 0.306 e. The Kier molecular flexibility index (Phi) is 11.3. The zero-order chi connectivity index (χ0) is 14.5. The van der Waals surface area contributed by atoms with Crippen LogP contribution in [0.1, 0.15) is 78.1 Å². The molecule has 0 aliphatic carbocycles. The van der Waals surface area contributed by atoms with Gasteiger partial charge in [0.25, 0.3) is 0 Å². The van der Waals surface area contributed by atoms with Gasteiger partial charge in [-0.05, 0) is 26.7 Å². The Morgan fingerprint density at radius 1 is 0.842 bits per heavy atom. The molecule has 4 nitrogen and oxygen atoms in total. The lowest BCUT2D eigenvalue weighted by Gasteiger charge is -2.07. The van der Waals surface area contributed by atoms with Crippen LogP contribution < -0.4 is 0 Å². The van der Waals surface area contributed by atoms with E-state index in [-0.39, 0.29) is 18.5 Å². The van der Waals surface area contributed by atoms with Gasteiger partial charge >= 0.3 is 11.9 Å². The van der Waals surface area contributed by atoms with Crippen molar-refractivity contribution in [2.24, 2.45) is 0 Å². The zero-order valence-corrected chi connectivity index (χ0v) is 12.3. The van der Waals surface area contributed by atoms with Gasteiger partial charge in [-0.3, -0.25) is 9.59 Å². The molecule has 0 saturated heterocycles. The van der Waals surface area contributed by atoms with Gasteiger partial charge in [0.1, 0.15) is 0 Å². The van der Waals surface area contributed by atoms with Gasteiger partial charge in [0.2, 0.25) is 0 Å². The summed E-state index contributed by atoms with van der Waals surface area (Å²) >= 11 is 0. The molecule has 4 heteroatoms. The summed E-state index contributed by atoms with van der Waals surface area (Å²) in [6.07, 6.45) is 9.17. The standard InChI is InChI=1S/C15H28O4/c1-13(2)19-15(18)12-10-8-6-4-3-5-7-9-11-14(16)17/h13H,3-12H2,1-2H3,(H,16,17). The van der Waals surface area contributed by atoms with Gasteiger partial charge in [0.05, 0.1) is 6.10 Å². The molecule has 0 saturated carbocycles. The fourth-order valence-corrected chi connectivity index (χ4v) is 1.93. The predicted molar refractivity (Wildman–Crippen MR) is 75.0 cm³/mol. The van der Waals surface area contributed by atoms with Crippen LogP contribution in [0, 0.1) is 0 Å². The molecule has 0 radical (unpaired) electrons. The van der Waals surface area contributed by atoms with Crippen molar-refractivity contribution in [1.29, 1.82) is 0 Å². The number of esters is 1. The van der Waals surface area contributed by atoms with Crippen molar-refractivity contribution in [3.05, 3.63) is 0 Å². The molecule has 0 rings (SSSR count). The third-order valence-corrected chi connectivity index (χ3v) is 2.89. The van der Waals surface area contributed by atoms with E-state index in [1.165, 1.54) is 6.42 Å². The van der Waals surface area contributed by atoms with Crippen molar-refractivity contribution >= 4 is 11.9 Å². The Bertz CT molecular complexity index is 249. The maximum absolute atomic E-state index is 11.2. The molecular weight excluding hydrogens is 244 g/mol. The predicted octanol–water partition coefficient (Wildman–Crippen LogP) is 3.92. The molecular formula is C15H28O4. The highest BCUT2D eigenvalue weighted by Crippen LogP contribution is 2.11. The lowest BCUT2D eigenvalue weighted by Crippen LogP contribution is -2.10. The highest BCUT2D eigenvalue weighted by molar-refractivity contribution is 5.69. The van der Waals surface area contributed by atoms with Crippen molar-refractivity contribution in [3.8, 4) is 0 Å². The first-order valence-electron chi connectivity index (χ1n) is 7.43. The summed E-state index contributed by atoms with van der Waals surface area (Å²) in [5.41, 5.74) is 0. The number of ether oxygens (including phenoxy) is 1. The van der Waals surface area contributed by atoms with Crippen LogP contribution in [0.25, 0.3) is 0 Å². The van der Waals surface area contributed by atoms with Gasteiger partial charge in [-0.25, -0.2) is 0 Å². The van der Waals surface area contributed by atoms with Crippen LogP contribution in [0.4, 0.5) is 0 Å². The van der Waals surface area contributed by atoms with Crippen molar-refractivity contribution in [3.63, 3.8) is 0 Å². The monoisotopic (exact) mass is 272 g/mol. The van der Waals surface area contributed by atoms with E-state index in [0.29, 0.717) is 6.42 Å². The molecule has 0 aromatic heterocycles. The third kappa shape index (κ3) is 14.9. The van der Waals surface area contributed by atoms with E-state index in [4.69, 9.17) is 9.84 Å². The molecule has 112 valence electrons. The topological polar surface area (TPSA) is 63.6 Å². The number of aliphatic carboxylic acids is 1. The molecule has 0 heterocycles. The van der Waals surface area contributed by atoms with E-state index in [9.17, 15) is 9.59 Å². The van der Waals surface area contributed by atoms with Crippen molar-refractivity contribution < 1.29 is 19.4 Å². The second-order valence-electron chi connectivity index (χ2n) is 5.26. The number of carbonyl (C=O) groups is 2. The maximum atomic E-state index is 11.2. The highest BCUT2D eigenvalue weighted by Gasteiger charge is 2.04. The minimum atomic E-state index is -0.701. The number of carboxylic acids is 1. The molecule has 0 aromatic rings. The number of hydrogen-bond acceptors (Lipinski definition) is 3. The van der Waals surface area contributed by atoms with E-state index < -0.39 is 5.97 Å². The van der Waals surface area contributed by atoms with E-state index in [2.05, 4.69) is 0 Å². The first-order valence-corrected chi connectivity index (χ1v) is 7.43. The third-order valence-electron chi connectivity index (χ3n) is 2.89. The van der Waals surface area contributed by atoms with Gasteiger partial charge in [0.15, 0.2) is 0 Å². The fraction of sp³-hybridized carbons (Fsp3) is 0.867. The average Bonchev–Trinajstić information content (AvgIpc) is 2.30. The first kappa shape index (κ1) is 17.9. The van der Waals surface area contributed by atoms with Crippen molar-refractivity contribution in [1.82, 2.24) is 0 Å². The molecule has 19 heavy (non-hydrogen) atoms. The van der Waals surface area contributed by atoms with E-state index in [0.717, 1.165) is 44.9 Å². The first-order chi connectivity index (χ1) is 9.02. The number of hydrogen-bond donors (Lipinski definition) is 1. The largest absolute Gasteiger partial charge is 0.481 e. The van der Waals surface area contributed by atoms with E-state index in [1.807, 2.05) is 13.8 Å². The number of unbranched alkanes of at least 4 members (excludes halogenated alkanes) is 7. The summed E-state index contributed by atoms with van der Waals surface area (Å²) in [6.45, 7) is 3.73. The molecule has 0 aliphatic rings. The Morgan fingerprint density at radius 2 is 1.26 bits per heavy atom. The van der Waals surface area contributed by atoms with Crippen LogP contribution in [0.3, 0.4) is 0 Å². The lowest BCUT2D eigenvalue weighted by molar-refractivity contribution is -0.147. The molecule has 0 aromatic carbocycles. The second kappa shape index (κ2) is 12.0. The molecule has 0 unspecified atom stereocenters. The Labute approximate surface area is 116 Å². The highest BCUT2D eigenvalue weighted by atomic mass is 16.5. The summed E-state index contributed by atoms with van der Waals surface area (Å²) in [7, 11) is 0. The summed E-state index contributed by atoms with van der Waals surface area (Å²) < 4.78 is 5.05. The molecule has 0 amide bonds. The molecule has 0 bridgehead atoms. The van der Waals surface area contributed by atoms with Gasteiger partial charge in [-0.15, -0.1) is 0 Å². The summed E-state index contributed by atoms with van der Waals surface area (Å²) in [4.78, 5) is 21.5. The quantitative estimate of drug-likeness (QED) is 0.432.